The Labute approximate surface area is 136 Å². The summed E-state index contributed by atoms with van der Waals surface area (Å²) >= 11 is 1.53. The largest absolute Gasteiger partial charge is 0.316 e. The third kappa shape index (κ3) is 3.27. The summed E-state index contributed by atoms with van der Waals surface area (Å²) < 4.78 is 0. The fourth-order valence-corrected chi connectivity index (χ4v) is 2.90. The predicted molar refractivity (Wildman–Crippen MR) is 90.8 cm³/mol. The first-order valence-electron chi connectivity index (χ1n) is 6.84. The van der Waals surface area contributed by atoms with Gasteiger partial charge in [0.1, 0.15) is 5.69 Å². The van der Waals surface area contributed by atoms with Crippen LogP contribution in [0.25, 0.3) is 10.4 Å². The van der Waals surface area contributed by atoms with Gasteiger partial charge in [0.05, 0.1) is 4.92 Å². The van der Waals surface area contributed by atoms with Gasteiger partial charge in [0, 0.05) is 16.5 Å². The fourth-order valence-electron chi connectivity index (χ4n) is 2.18. The zero-order valence-corrected chi connectivity index (χ0v) is 12.7. The molecule has 0 aliphatic carbocycles. The molecule has 1 aromatic heterocycles. The quantitative estimate of drug-likeness (QED) is 0.564. The molecule has 0 aliphatic heterocycles. The highest BCUT2D eigenvalue weighted by Gasteiger charge is 2.17. The van der Waals surface area contributed by atoms with Crippen LogP contribution in [0, 0.1) is 10.1 Å². The summed E-state index contributed by atoms with van der Waals surface area (Å²) in [5.74, 6) is -0.378. The van der Waals surface area contributed by atoms with Crippen LogP contribution in [0.3, 0.4) is 0 Å². The zero-order valence-electron chi connectivity index (χ0n) is 11.9. The van der Waals surface area contributed by atoms with E-state index in [0.717, 1.165) is 10.4 Å². The standard InChI is InChI=1S/C17H12N2O3S/c20-17(12-5-2-1-3-6-12)18-14-11-13(16-7-4-10-23-16)8-9-15(14)19(21)22/h1-11H,(H,18,20). The van der Waals surface area contributed by atoms with Crippen molar-refractivity contribution >= 4 is 28.6 Å². The maximum Gasteiger partial charge on any atom is 0.292 e. The van der Waals surface area contributed by atoms with Crippen LogP contribution in [0.1, 0.15) is 10.4 Å². The molecular weight excluding hydrogens is 312 g/mol. The molecule has 0 bridgehead atoms. The molecule has 3 aromatic rings. The predicted octanol–water partition coefficient (Wildman–Crippen LogP) is 4.58. The first-order valence-corrected chi connectivity index (χ1v) is 7.72. The van der Waals surface area contributed by atoms with Gasteiger partial charge in [0.2, 0.25) is 0 Å². The van der Waals surface area contributed by atoms with E-state index in [0.29, 0.717) is 5.56 Å². The third-order valence-electron chi connectivity index (χ3n) is 3.28. The highest BCUT2D eigenvalue weighted by molar-refractivity contribution is 7.13. The van der Waals surface area contributed by atoms with Gasteiger partial charge >= 0.3 is 0 Å². The summed E-state index contributed by atoms with van der Waals surface area (Å²) in [6, 6.07) is 17.2. The Kier molecular flexibility index (Phi) is 4.16. The van der Waals surface area contributed by atoms with E-state index in [4.69, 9.17) is 0 Å². The van der Waals surface area contributed by atoms with Crippen LogP contribution in [0.4, 0.5) is 11.4 Å². The summed E-state index contributed by atoms with van der Waals surface area (Å²) in [7, 11) is 0. The number of hydrogen-bond acceptors (Lipinski definition) is 4. The van der Waals surface area contributed by atoms with Crippen molar-refractivity contribution in [3.05, 3.63) is 81.7 Å². The highest BCUT2D eigenvalue weighted by atomic mass is 32.1. The Hall–Kier alpha value is -2.99. The van der Waals surface area contributed by atoms with Gasteiger partial charge in [-0.05, 0) is 41.3 Å². The number of hydrogen-bond donors (Lipinski definition) is 1. The second kappa shape index (κ2) is 6.41. The van der Waals surface area contributed by atoms with Gasteiger partial charge in [-0.2, -0.15) is 0 Å². The van der Waals surface area contributed by atoms with Crippen LogP contribution in [-0.2, 0) is 0 Å². The zero-order chi connectivity index (χ0) is 16.2. The lowest BCUT2D eigenvalue weighted by atomic mass is 10.1. The Balaban J connectivity index is 1.97. The van der Waals surface area contributed by atoms with Gasteiger partial charge in [0.15, 0.2) is 0 Å². The molecule has 0 atom stereocenters. The van der Waals surface area contributed by atoms with Gasteiger partial charge in [-0.1, -0.05) is 24.3 Å². The van der Waals surface area contributed by atoms with E-state index in [1.807, 2.05) is 17.5 Å². The minimum absolute atomic E-state index is 0.130. The monoisotopic (exact) mass is 324 g/mol. The molecule has 0 saturated heterocycles. The Morgan fingerprint density at radius 3 is 2.48 bits per heavy atom. The molecule has 0 unspecified atom stereocenters. The number of amides is 1. The van der Waals surface area contributed by atoms with Gasteiger partial charge in [-0.15, -0.1) is 11.3 Å². The van der Waals surface area contributed by atoms with E-state index >= 15 is 0 Å². The summed E-state index contributed by atoms with van der Waals surface area (Å²) in [6.45, 7) is 0. The number of nitrogens with one attached hydrogen (secondary N) is 1. The number of anilines is 1. The SMILES string of the molecule is O=C(Nc1cc(-c2cccs2)ccc1[N+](=O)[O-])c1ccccc1. The average Bonchev–Trinajstić information content (AvgIpc) is 3.10. The lowest BCUT2D eigenvalue weighted by Crippen LogP contribution is -2.13. The number of nitro groups is 1. The number of nitro benzene ring substituents is 1. The first-order chi connectivity index (χ1) is 11.1. The van der Waals surface area contributed by atoms with Crippen LogP contribution in [-0.4, -0.2) is 10.8 Å². The van der Waals surface area contributed by atoms with Crippen molar-refractivity contribution in [2.75, 3.05) is 5.32 Å². The molecule has 5 nitrogen and oxygen atoms in total. The summed E-state index contributed by atoms with van der Waals surface area (Å²) in [5, 5.41) is 15.8. The van der Waals surface area contributed by atoms with Gasteiger partial charge in [-0.25, -0.2) is 0 Å². The molecule has 114 valence electrons. The number of nitrogens with zero attached hydrogens (tertiary/aromatic N) is 1. The molecule has 0 radical (unpaired) electrons. The Morgan fingerprint density at radius 1 is 1.04 bits per heavy atom. The topological polar surface area (TPSA) is 72.2 Å². The molecule has 0 fully saturated rings. The number of thiophene rings is 1. The summed E-state index contributed by atoms with van der Waals surface area (Å²) in [4.78, 5) is 23.9. The van der Waals surface area contributed by atoms with E-state index in [1.54, 1.807) is 42.5 Å². The fraction of sp³-hybridized carbons (Fsp3) is 0. The molecule has 0 aliphatic rings. The third-order valence-corrected chi connectivity index (χ3v) is 4.20. The van der Waals surface area contributed by atoms with E-state index in [-0.39, 0.29) is 17.3 Å². The second-order valence-corrected chi connectivity index (χ2v) is 5.73. The molecule has 23 heavy (non-hydrogen) atoms. The minimum atomic E-state index is -0.501. The van der Waals surface area contributed by atoms with Crippen molar-refractivity contribution in [3.63, 3.8) is 0 Å². The van der Waals surface area contributed by atoms with Gasteiger partial charge in [0.25, 0.3) is 11.6 Å². The van der Waals surface area contributed by atoms with Crippen LogP contribution in [0.15, 0.2) is 66.0 Å². The van der Waals surface area contributed by atoms with Crippen LogP contribution in [0.5, 0.6) is 0 Å². The van der Waals surface area contributed by atoms with E-state index in [2.05, 4.69) is 5.32 Å². The molecule has 0 saturated carbocycles. The van der Waals surface area contributed by atoms with Gasteiger partial charge in [-0.3, -0.25) is 14.9 Å². The molecule has 1 heterocycles. The van der Waals surface area contributed by atoms with E-state index in [1.165, 1.54) is 17.4 Å². The van der Waals surface area contributed by atoms with Crippen molar-refractivity contribution in [2.45, 2.75) is 0 Å². The second-order valence-electron chi connectivity index (χ2n) is 4.79. The number of benzene rings is 2. The van der Waals surface area contributed by atoms with Gasteiger partial charge < -0.3 is 5.32 Å². The number of rotatable bonds is 4. The van der Waals surface area contributed by atoms with Crippen LogP contribution < -0.4 is 5.32 Å². The lowest BCUT2D eigenvalue weighted by Gasteiger charge is -2.08. The Bertz CT molecular complexity index is 846. The molecule has 0 spiro atoms. The van der Waals surface area contributed by atoms with Crippen molar-refractivity contribution in [1.29, 1.82) is 0 Å². The molecule has 6 heteroatoms. The van der Waals surface area contributed by atoms with Crippen molar-refractivity contribution in [2.24, 2.45) is 0 Å². The van der Waals surface area contributed by atoms with Crippen molar-refractivity contribution in [1.82, 2.24) is 0 Å². The van der Waals surface area contributed by atoms with Crippen LogP contribution in [0.2, 0.25) is 0 Å². The Morgan fingerprint density at radius 2 is 1.83 bits per heavy atom. The molecule has 2 aromatic carbocycles. The summed E-state index contributed by atoms with van der Waals surface area (Å²) in [6.07, 6.45) is 0. The average molecular weight is 324 g/mol. The normalized spacial score (nSPS) is 10.3. The maximum absolute atomic E-state index is 12.3. The van der Waals surface area contributed by atoms with E-state index in [9.17, 15) is 14.9 Å². The summed E-state index contributed by atoms with van der Waals surface area (Å²) in [5.41, 5.74) is 1.33. The number of carbonyl (C=O) groups excluding carboxylic acids is 1. The molecule has 1 N–H and O–H groups in total. The molecular formula is C17H12N2O3S. The van der Waals surface area contributed by atoms with E-state index < -0.39 is 4.92 Å². The van der Waals surface area contributed by atoms with Crippen LogP contribution >= 0.6 is 11.3 Å². The maximum atomic E-state index is 12.3. The number of carbonyl (C=O) groups is 1. The minimum Gasteiger partial charge on any atom is -0.316 e. The van der Waals surface area contributed by atoms with Crippen molar-refractivity contribution in [3.8, 4) is 10.4 Å². The van der Waals surface area contributed by atoms with Crippen molar-refractivity contribution < 1.29 is 9.72 Å². The lowest BCUT2D eigenvalue weighted by molar-refractivity contribution is -0.383. The smallest absolute Gasteiger partial charge is 0.292 e. The molecule has 3 rings (SSSR count). The molecule has 1 amide bonds. The first kappa shape index (κ1) is 14.9. The highest BCUT2D eigenvalue weighted by Crippen LogP contribution is 2.32.